The number of ketones is 2. The van der Waals surface area contributed by atoms with E-state index in [1.807, 2.05) is 0 Å². The number of nitrogens with two attached hydrogens (primary N) is 1. The van der Waals surface area contributed by atoms with Gasteiger partial charge in [-0.15, -0.1) is 4.91 Å². The molecule has 3 aliphatic rings. The number of aliphatic hydroxyl groups is 3. The van der Waals surface area contributed by atoms with Gasteiger partial charge in [-0.25, -0.2) is 4.79 Å². The number of benzene rings is 2. The van der Waals surface area contributed by atoms with Crippen molar-refractivity contribution in [1.29, 1.82) is 0 Å². The fraction of sp³-hybridized carbons (Fsp3) is 0.355. The molecule has 6 N–H and O–H groups in total. The van der Waals surface area contributed by atoms with E-state index in [9.17, 15) is 39.4 Å². The van der Waals surface area contributed by atoms with Gasteiger partial charge in [0.25, 0.3) is 5.91 Å². The molecular formula is C31H33N5O10. The van der Waals surface area contributed by atoms with Crippen LogP contribution in [0.2, 0.25) is 0 Å². The predicted molar refractivity (Wildman–Crippen MR) is 164 cm³/mol. The lowest BCUT2D eigenvalue weighted by atomic mass is 9.58. The van der Waals surface area contributed by atoms with Crippen molar-refractivity contribution in [3.05, 3.63) is 69.0 Å². The molecule has 0 bridgehead atoms. The van der Waals surface area contributed by atoms with E-state index in [1.54, 1.807) is 45.2 Å². The first-order valence-corrected chi connectivity index (χ1v) is 14.1. The molecule has 3 aliphatic carbocycles. The van der Waals surface area contributed by atoms with Gasteiger partial charge in [-0.1, -0.05) is 0 Å². The zero-order valence-electron chi connectivity index (χ0n) is 25.7. The number of methoxy groups -OCH3 is 1. The number of nitrogens with one attached hydrogen (secondary N) is 1. The van der Waals surface area contributed by atoms with Crippen molar-refractivity contribution in [2.45, 2.75) is 24.5 Å². The maximum absolute atomic E-state index is 14.2. The van der Waals surface area contributed by atoms with Crippen LogP contribution in [0.4, 0.5) is 21.9 Å². The summed E-state index contributed by atoms with van der Waals surface area (Å²) < 4.78 is 10.4. The summed E-state index contributed by atoms with van der Waals surface area (Å²) in [4.78, 5) is 68.3. The molecule has 0 spiro atoms. The Morgan fingerprint density at radius 2 is 1.72 bits per heavy atom. The van der Waals surface area contributed by atoms with Crippen molar-refractivity contribution >= 4 is 40.6 Å². The number of aliphatic hydroxyl groups excluding tert-OH is 2. The minimum atomic E-state index is -2.79. The molecule has 4 atom stereocenters. The highest BCUT2D eigenvalue weighted by Crippen LogP contribution is 2.54. The minimum absolute atomic E-state index is 0.0567. The van der Waals surface area contributed by atoms with Gasteiger partial charge in [-0.05, 0) is 73.9 Å². The second-order valence-electron chi connectivity index (χ2n) is 11.8. The van der Waals surface area contributed by atoms with Crippen LogP contribution in [0.5, 0.6) is 11.5 Å². The molecule has 2 aromatic carbocycles. The van der Waals surface area contributed by atoms with Crippen molar-refractivity contribution in [3.8, 4) is 11.5 Å². The number of ether oxygens (including phenoxy) is 2. The Kier molecular flexibility index (Phi) is 8.08. The van der Waals surface area contributed by atoms with Crippen molar-refractivity contribution in [3.63, 3.8) is 0 Å². The lowest BCUT2D eigenvalue weighted by Gasteiger charge is -2.50. The number of Topliss-reactive ketones (excluding diaryl/α,β-unsaturated/α-hetero) is 2. The summed E-state index contributed by atoms with van der Waals surface area (Å²) in [7, 11) is 7.95. The van der Waals surface area contributed by atoms with Crippen LogP contribution in [0.15, 0.2) is 58.2 Å². The van der Waals surface area contributed by atoms with E-state index in [0.717, 1.165) is 0 Å². The fourth-order valence-corrected chi connectivity index (χ4v) is 6.77. The average molecular weight is 636 g/mol. The second kappa shape index (κ2) is 11.6. The number of rotatable bonds is 7. The molecule has 0 radical (unpaired) electrons. The number of fused-ring (bicyclic) bond motifs is 3. The number of likely N-dealkylation sites (N-methyl/N-ethyl adjacent to an activating group) is 1. The van der Waals surface area contributed by atoms with E-state index < -0.39 is 69.8 Å². The summed E-state index contributed by atoms with van der Waals surface area (Å²) in [6.45, 7) is 0. The first kappa shape index (κ1) is 32.1. The van der Waals surface area contributed by atoms with Gasteiger partial charge in [0.05, 0.1) is 24.4 Å². The Hall–Kier alpha value is -5.28. The Balaban J connectivity index is 1.63. The molecule has 0 aromatic heterocycles. The molecule has 0 unspecified atom stereocenters. The molecule has 2 amide bonds. The van der Waals surface area contributed by atoms with E-state index in [2.05, 4.69) is 10.5 Å². The third-order valence-electron chi connectivity index (χ3n) is 8.78. The minimum Gasteiger partial charge on any atom is -0.510 e. The van der Waals surface area contributed by atoms with Gasteiger partial charge in [0.2, 0.25) is 5.78 Å². The van der Waals surface area contributed by atoms with E-state index in [-0.39, 0.29) is 35.4 Å². The van der Waals surface area contributed by atoms with Gasteiger partial charge >= 0.3 is 6.09 Å². The fourth-order valence-electron chi connectivity index (χ4n) is 6.77. The van der Waals surface area contributed by atoms with Crippen LogP contribution in [0.25, 0.3) is 0 Å². The Morgan fingerprint density at radius 3 is 2.26 bits per heavy atom. The molecule has 242 valence electrons. The number of hydrogen-bond donors (Lipinski definition) is 5. The lowest BCUT2D eigenvalue weighted by Crippen LogP contribution is -2.63. The monoisotopic (exact) mass is 635 g/mol. The number of nitroso groups, excluding NO2 is 1. The van der Waals surface area contributed by atoms with Crippen LogP contribution < -0.4 is 25.4 Å². The number of anilines is 2. The molecule has 46 heavy (non-hydrogen) atoms. The van der Waals surface area contributed by atoms with Gasteiger partial charge in [-0.2, -0.15) is 0 Å². The Morgan fingerprint density at radius 1 is 1.09 bits per heavy atom. The van der Waals surface area contributed by atoms with Crippen LogP contribution in [0, 0.1) is 16.7 Å². The number of primary amides is 1. The first-order chi connectivity index (χ1) is 21.7. The van der Waals surface area contributed by atoms with Gasteiger partial charge in [-0.3, -0.25) is 24.6 Å². The SMILES string of the molecule is COc1ccc(OC(=O)Nc2cc(N(C)C)c3c(c2N=O)C(=O)C2=C(O)[C@]4(O)C(=O)C(C(N)=O)=C(O)[C@H](N(C)C)[C@@H]4C[C@@H]2C3)cc1. The Bertz CT molecular complexity index is 1750. The molecule has 2 aromatic rings. The largest absolute Gasteiger partial charge is 0.510 e. The Labute approximate surface area is 262 Å². The average Bonchev–Trinajstić information content (AvgIpc) is 2.98. The van der Waals surface area contributed by atoms with Crippen LogP contribution in [0.3, 0.4) is 0 Å². The van der Waals surface area contributed by atoms with Crippen molar-refractivity contribution in [1.82, 2.24) is 4.90 Å². The maximum atomic E-state index is 14.2. The topological polar surface area (TPSA) is 221 Å². The third kappa shape index (κ3) is 4.84. The van der Waals surface area contributed by atoms with Gasteiger partial charge < -0.3 is 35.4 Å². The van der Waals surface area contributed by atoms with Crippen LogP contribution >= 0.6 is 0 Å². The van der Waals surface area contributed by atoms with E-state index in [1.165, 1.54) is 30.2 Å². The van der Waals surface area contributed by atoms with Crippen LogP contribution in [-0.4, -0.2) is 90.7 Å². The van der Waals surface area contributed by atoms with E-state index >= 15 is 0 Å². The standard InChI is InChI=1S/C31H33N5O10/c1-35(2)19-12-18(33-30(42)46-15-8-6-14(45-5)7-9-15)23(34-44)21-16(19)10-13-11-17-24(36(3)4)26(38)22(29(32)41)28(40)31(17,43)27(39)20(13)25(21)37/h6-9,12-13,17,24,38-39,43H,10-11H2,1-5H3,(H2,32,41)(H,33,42)/t13-,17-,24+,31-/m0/s1. The summed E-state index contributed by atoms with van der Waals surface area (Å²) in [6, 6.07) is 6.47. The summed E-state index contributed by atoms with van der Waals surface area (Å²) in [5.74, 6) is -6.49. The second-order valence-corrected chi connectivity index (χ2v) is 11.8. The zero-order chi connectivity index (χ0) is 33.8. The molecule has 0 saturated heterocycles. The molecule has 15 heteroatoms. The number of nitrogens with zero attached hydrogens (tertiary/aromatic N) is 3. The van der Waals surface area contributed by atoms with Gasteiger partial charge in [0.15, 0.2) is 11.4 Å². The number of hydrogen-bond acceptors (Lipinski definition) is 13. The first-order valence-electron chi connectivity index (χ1n) is 14.1. The summed E-state index contributed by atoms with van der Waals surface area (Å²) >= 11 is 0. The molecule has 0 saturated carbocycles. The molecule has 0 aliphatic heterocycles. The summed E-state index contributed by atoms with van der Waals surface area (Å²) in [5, 5.41) is 39.8. The van der Waals surface area contributed by atoms with Crippen molar-refractivity contribution < 1.29 is 44.0 Å². The highest BCUT2D eigenvalue weighted by atomic mass is 16.6. The predicted octanol–water partition coefficient (Wildman–Crippen LogP) is 2.50. The summed E-state index contributed by atoms with van der Waals surface area (Å²) in [5.41, 5.74) is 1.31. The van der Waals surface area contributed by atoms with Gasteiger partial charge in [0, 0.05) is 31.3 Å². The van der Waals surface area contributed by atoms with Crippen LogP contribution in [-0.2, 0) is 16.0 Å². The third-order valence-corrected chi connectivity index (χ3v) is 8.78. The maximum Gasteiger partial charge on any atom is 0.417 e. The molecule has 5 rings (SSSR count). The number of allylic oxidation sites excluding steroid dienone is 1. The highest BCUT2D eigenvalue weighted by molar-refractivity contribution is 6.25. The molecule has 0 heterocycles. The van der Waals surface area contributed by atoms with Crippen molar-refractivity contribution in [2.24, 2.45) is 22.7 Å². The quantitative estimate of drug-likeness (QED) is 0.219. The smallest absolute Gasteiger partial charge is 0.417 e. The highest BCUT2D eigenvalue weighted by Gasteiger charge is 2.63. The molecular weight excluding hydrogens is 602 g/mol. The van der Waals surface area contributed by atoms with E-state index in [0.29, 0.717) is 17.0 Å². The van der Waals surface area contributed by atoms with E-state index in [4.69, 9.17) is 15.2 Å². The summed E-state index contributed by atoms with van der Waals surface area (Å²) in [6.07, 6.45) is -1.01. The number of amides is 2. The van der Waals surface area contributed by atoms with Gasteiger partial charge in [0.1, 0.15) is 34.3 Å². The molecule has 15 nitrogen and oxygen atoms in total. The number of carbonyl (C=O) groups excluding carboxylic acids is 4. The van der Waals surface area contributed by atoms with Crippen molar-refractivity contribution in [2.75, 3.05) is 45.5 Å². The van der Waals surface area contributed by atoms with Crippen LogP contribution in [0.1, 0.15) is 22.3 Å². The molecule has 0 fully saturated rings. The zero-order valence-corrected chi connectivity index (χ0v) is 25.7. The normalized spacial score (nSPS) is 23.8. The number of carbonyl (C=O) groups is 4. The lowest BCUT2D eigenvalue weighted by molar-refractivity contribution is -0.148.